The maximum Gasteiger partial charge on any atom is 0.258 e. The van der Waals surface area contributed by atoms with Crippen molar-refractivity contribution in [3.8, 4) is 5.75 Å². The van der Waals surface area contributed by atoms with E-state index in [0.717, 1.165) is 15.2 Å². The van der Waals surface area contributed by atoms with E-state index in [1.165, 1.54) is 0 Å². The molecule has 0 aliphatic rings. The smallest absolute Gasteiger partial charge is 0.258 e. The van der Waals surface area contributed by atoms with Gasteiger partial charge >= 0.3 is 0 Å². The predicted octanol–water partition coefficient (Wildman–Crippen LogP) is 3.28. The Morgan fingerprint density at radius 3 is 2.89 bits per heavy atom. The average Bonchev–Trinajstić information content (AvgIpc) is 2.44. The van der Waals surface area contributed by atoms with Crippen LogP contribution in [0.25, 0.3) is 10.8 Å². The number of carbonyl (C=O) groups is 1. The zero-order valence-corrected chi connectivity index (χ0v) is 11.9. The van der Waals surface area contributed by atoms with Gasteiger partial charge in [-0.25, -0.2) is 0 Å². The number of hydrogen-bond donors (Lipinski definition) is 1. The predicted molar refractivity (Wildman–Crippen MR) is 80.3 cm³/mol. The van der Waals surface area contributed by atoms with Crippen molar-refractivity contribution in [2.24, 2.45) is 0 Å². The van der Waals surface area contributed by atoms with Crippen LogP contribution in [0.1, 0.15) is 0 Å². The van der Waals surface area contributed by atoms with Crippen LogP contribution in [-0.4, -0.2) is 19.1 Å². The monoisotopic (exact) mass is 319 g/mol. The number of amides is 1. The minimum atomic E-state index is -0.167. The number of benzene rings is 2. The van der Waals surface area contributed by atoms with Gasteiger partial charge in [-0.05, 0) is 32.8 Å². The van der Waals surface area contributed by atoms with Crippen LogP contribution in [0.15, 0.2) is 53.5 Å². The minimum absolute atomic E-state index is 0.00915. The van der Waals surface area contributed by atoms with Crippen LogP contribution >= 0.6 is 15.9 Å². The standard InChI is InChI=1S/C15H14BrNO2/c1-2-9-17-14(18)10-19-13-8-7-11-5-3-4-6-12(11)15(13)16/h2-8H,1,9-10H2,(H,17,18). The average molecular weight is 320 g/mol. The van der Waals surface area contributed by atoms with Crippen molar-refractivity contribution in [2.75, 3.05) is 13.2 Å². The van der Waals surface area contributed by atoms with Crippen molar-refractivity contribution >= 4 is 32.6 Å². The molecule has 0 aliphatic heterocycles. The Kier molecular flexibility index (Phi) is 4.58. The van der Waals surface area contributed by atoms with Gasteiger partial charge in [0, 0.05) is 6.54 Å². The lowest BCUT2D eigenvalue weighted by Gasteiger charge is -2.10. The van der Waals surface area contributed by atoms with Crippen LogP contribution in [-0.2, 0) is 4.79 Å². The molecule has 0 spiro atoms. The van der Waals surface area contributed by atoms with E-state index in [2.05, 4.69) is 27.8 Å². The number of nitrogens with one attached hydrogen (secondary N) is 1. The van der Waals surface area contributed by atoms with E-state index < -0.39 is 0 Å². The summed E-state index contributed by atoms with van der Waals surface area (Å²) in [4.78, 5) is 11.5. The van der Waals surface area contributed by atoms with Gasteiger partial charge in [0.1, 0.15) is 5.75 Å². The SMILES string of the molecule is C=CCNC(=O)COc1ccc2ccccc2c1Br. The molecule has 0 saturated carbocycles. The Balaban J connectivity index is 2.11. The molecule has 1 amide bonds. The van der Waals surface area contributed by atoms with Crippen LogP contribution in [0.3, 0.4) is 0 Å². The molecule has 2 aromatic rings. The molecule has 0 unspecified atom stereocenters. The highest BCUT2D eigenvalue weighted by molar-refractivity contribution is 9.10. The molecular formula is C15H14BrNO2. The Bertz CT molecular complexity index is 610. The molecule has 19 heavy (non-hydrogen) atoms. The van der Waals surface area contributed by atoms with E-state index in [1.807, 2.05) is 36.4 Å². The Morgan fingerprint density at radius 1 is 1.32 bits per heavy atom. The summed E-state index contributed by atoms with van der Waals surface area (Å²) >= 11 is 3.51. The quantitative estimate of drug-likeness (QED) is 0.859. The number of fused-ring (bicyclic) bond motifs is 1. The van der Waals surface area contributed by atoms with Gasteiger partial charge in [0.2, 0.25) is 0 Å². The fraction of sp³-hybridized carbons (Fsp3) is 0.133. The lowest BCUT2D eigenvalue weighted by atomic mass is 10.1. The third kappa shape index (κ3) is 3.35. The van der Waals surface area contributed by atoms with Gasteiger partial charge in [-0.3, -0.25) is 4.79 Å². The molecule has 2 rings (SSSR count). The largest absolute Gasteiger partial charge is 0.483 e. The molecule has 2 aromatic carbocycles. The molecule has 0 atom stereocenters. The fourth-order valence-electron chi connectivity index (χ4n) is 1.71. The highest BCUT2D eigenvalue weighted by atomic mass is 79.9. The highest BCUT2D eigenvalue weighted by Crippen LogP contribution is 2.32. The molecular weight excluding hydrogens is 306 g/mol. The van der Waals surface area contributed by atoms with E-state index in [-0.39, 0.29) is 12.5 Å². The van der Waals surface area contributed by atoms with Gasteiger partial charge in [0.15, 0.2) is 6.61 Å². The third-order valence-corrected chi connectivity index (χ3v) is 3.45. The lowest BCUT2D eigenvalue weighted by Crippen LogP contribution is -2.28. The van der Waals surface area contributed by atoms with Gasteiger partial charge in [-0.2, -0.15) is 0 Å². The van der Waals surface area contributed by atoms with Gasteiger partial charge in [-0.15, -0.1) is 6.58 Å². The number of halogens is 1. The van der Waals surface area contributed by atoms with Crippen LogP contribution < -0.4 is 10.1 Å². The second-order valence-electron chi connectivity index (χ2n) is 3.98. The van der Waals surface area contributed by atoms with Gasteiger partial charge < -0.3 is 10.1 Å². The molecule has 0 bridgehead atoms. The van der Waals surface area contributed by atoms with Crippen molar-refractivity contribution in [1.29, 1.82) is 0 Å². The van der Waals surface area contributed by atoms with Crippen LogP contribution in [0.2, 0.25) is 0 Å². The normalized spacial score (nSPS) is 10.2. The maximum atomic E-state index is 11.5. The molecule has 1 N–H and O–H groups in total. The topological polar surface area (TPSA) is 38.3 Å². The maximum absolute atomic E-state index is 11.5. The van der Waals surface area contributed by atoms with E-state index in [4.69, 9.17) is 4.74 Å². The third-order valence-electron chi connectivity index (χ3n) is 2.63. The summed E-state index contributed by atoms with van der Waals surface area (Å²) in [6, 6.07) is 11.8. The summed E-state index contributed by atoms with van der Waals surface area (Å²) < 4.78 is 6.37. The van der Waals surface area contributed by atoms with Gasteiger partial charge in [0.05, 0.1) is 4.47 Å². The zero-order chi connectivity index (χ0) is 13.7. The van der Waals surface area contributed by atoms with Crippen molar-refractivity contribution in [3.63, 3.8) is 0 Å². The van der Waals surface area contributed by atoms with Crippen molar-refractivity contribution in [1.82, 2.24) is 5.32 Å². The summed E-state index contributed by atoms with van der Waals surface area (Å²) in [5, 5.41) is 4.85. The first-order chi connectivity index (χ1) is 9.22. The Morgan fingerprint density at radius 2 is 2.11 bits per heavy atom. The van der Waals surface area contributed by atoms with E-state index in [1.54, 1.807) is 6.08 Å². The minimum Gasteiger partial charge on any atom is -0.483 e. The molecule has 0 aromatic heterocycles. The highest BCUT2D eigenvalue weighted by Gasteiger charge is 2.07. The summed E-state index contributed by atoms with van der Waals surface area (Å²) in [5.41, 5.74) is 0. The van der Waals surface area contributed by atoms with Crippen molar-refractivity contribution in [3.05, 3.63) is 53.5 Å². The molecule has 98 valence electrons. The molecule has 0 aliphatic carbocycles. The summed E-state index contributed by atoms with van der Waals surface area (Å²) in [6.45, 7) is 3.97. The van der Waals surface area contributed by atoms with Crippen LogP contribution in [0.4, 0.5) is 0 Å². The second kappa shape index (κ2) is 6.38. The zero-order valence-electron chi connectivity index (χ0n) is 10.4. The molecule has 4 heteroatoms. The van der Waals surface area contributed by atoms with E-state index in [0.29, 0.717) is 12.3 Å². The first-order valence-corrected chi connectivity index (χ1v) is 6.69. The Hall–Kier alpha value is -1.81. The molecule has 3 nitrogen and oxygen atoms in total. The number of carbonyl (C=O) groups excluding carboxylic acids is 1. The summed E-state index contributed by atoms with van der Waals surface area (Å²) in [6.07, 6.45) is 1.63. The number of rotatable bonds is 5. The molecule has 0 saturated heterocycles. The van der Waals surface area contributed by atoms with Crippen LogP contribution in [0, 0.1) is 0 Å². The van der Waals surface area contributed by atoms with E-state index in [9.17, 15) is 4.79 Å². The fourth-order valence-corrected chi connectivity index (χ4v) is 2.31. The second-order valence-corrected chi connectivity index (χ2v) is 4.77. The Labute approximate surface area is 120 Å². The van der Waals surface area contributed by atoms with Gasteiger partial charge in [0.25, 0.3) is 5.91 Å². The molecule has 0 radical (unpaired) electrons. The number of hydrogen-bond acceptors (Lipinski definition) is 2. The summed E-state index contributed by atoms with van der Waals surface area (Å²) in [5.74, 6) is 0.493. The van der Waals surface area contributed by atoms with Gasteiger partial charge in [-0.1, -0.05) is 36.4 Å². The van der Waals surface area contributed by atoms with Crippen LogP contribution in [0.5, 0.6) is 5.75 Å². The first-order valence-electron chi connectivity index (χ1n) is 5.90. The van der Waals surface area contributed by atoms with Crippen molar-refractivity contribution in [2.45, 2.75) is 0 Å². The first kappa shape index (κ1) is 13.6. The summed E-state index contributed by atoms with van der Waals surface area (Å²) in [7, 11) is 0. The van der Waals surface area contributed by atoms with Crippen molar-refractivity contribution < 1.29 is 9.53 Å². The molecule has 0 fully saturated rings. The van der Waals surface area contributed by atoms with E-state index >= 15 is 0 Å². The lowest BCUT2D eigenvalue weighted by molar-refractivity contribution is -0.122. The molecule has 0 heterocycles. The number of ether oxygens (including phenoxy) is 1.